The van der Waals surface area contributed by atoms with Gasteiger partial charge in [0.25, 0.3) is 0 Å². The zero-order valence-corrected chi connectivity index (χ0v) is 6.82. The summed E-state index contributed by atoms with van der Waals surface area (Å²) < 4.78 is 0. The van der Waals surface area contributed by atoms with Crippen LogP contribution in [0.4, 0.5) is 0 Å². The molecule has 1 rings (SSSR count). The summed E-state index contributed by atoms with van der Waals surface area (Å²) >= 11 is 0. The molecule has 0 aromatic carbocycles. The van der Waals surface area contributed by atoms with Crippen molar-refractivity contribution in [2.45, 2.75) is 31.9 Å². The van der Waals surface area contributed by atoms with Crippen LogP contribution in [0.3, 0.4) is 0 Å². The number of hydrogen-bond acceptors (Lipinski definition) is 3. The van der Waals surface area contributed by atoms with Crippen LogP contribution in [0, 0.1) is 11.3 Å². The van der Waals surface area contributed by atoms with Gasteiger partial charge in [-0.2, -0.15) is 5.26 Å². The number of aliphatic hydroxyl groups is 1. The SMILES string of the molecule is CCC(C#N)N1CC[C@H](O)C1. The fourth-order valence-electron chi connectivity index (χ4n) is 1.48. The van der Waals surface area contributed by atoms with Crippen molar-refractivity contribution in [3.63, 3.8) is 0 Å². The molecule has 0 saturated carbocycles. The number of β-amino-alcohol motifs (C(OH)–C–C–N with tert-alkyl or cyclic N) is 1. The van der Waals surface area contributed by atoms with Crippen molar-refractivity contribution in [1.82, 2.24) is 4.90 Å². The molecule has 11 heavy (non-hydrogen) atoms. The molecule has 2 atom stereocenters. The summed E-state index contributed by atoms with van der Waals surface area (Å²) in [7, 11) is 0. The highest BCUT2D eigenvalue weighted by Gasteiger charge is 2.25. The van der Waals surface area contributed by atoms with E-state index in [1.165, 1.54) is 0 Å². The first-order valence-electron chi connectivity index (χ1n) is 4.09. The summed E-state index contributed by atoms with van der Waals surface area (Å²) in [6, 6.07) is 2.24. The lowest BCUT2D eigenvalue weighted by Crippen LogP contribution is -2.32. The highest BCUT2D eigenvalue weighted by Crippen LogP contribution is 2.13. The van der Waals surface area contributed by atoms with Crippen molar-refractivity contribution >= 4 is 0 Å². The van der Waals surface area contributed by atoms with Crippen LogP contribution in [0.2, 0.25) is 0 Å². The fraction of sp³-hybridized carbons (Fsp3) is 0.875. The largest absolute Gasteiger partial charge is 0.392 e. The smallest absolute Gasteiger partial charge is 0.0976 e. The van der Waals surface area contributed by atoms with Gasteiger partial charge in [0.15, 0.2) is 0 Å². The molecule has 0 bridgehead atoms. The van der Waals surface area contributed by atoms with E-state index in [1.807, 2.05) is 11.8 Å². The summed E-state index contributed by atoms with van der Waals surface area (Å²) in [5, 5.41) is 17.9. The van der Waals surface area contributed by atoms with Gasteiger partial charge < -0.3 is 5.11 Å². The number of hydrogen-bond donors (Lipinski definition) is 1. The summed E-state index contributed by atoms with van der Waals surface area (Å²) in [4.78, 5) is 2.05. The molecule has 0 aromatic rings. The van der Waals surface area contributed by atoms with Crippen molar-refractivity contribution in [2.24, 2.45) is 0 Å². The molecule has 1 saturated heterocycles. The number of nitriles is 1. The minimum atomic E-state index is -0.211. The second kappa shape index (κ2) is 3.70. The van der Waals surface area contributed by atoms with Crippen LogP contribution in [-0.4, -0.2) is 35.2 Å². The quantitative estimate of drug-likeness (QED) is 0.624. The van der Waals surface area contributed by atoms with Gasteiger partial charge in [-0.05, 0) is 12.8 Å². The lowest BCUT2D eigenvalue weighted by molar-refractivity contribution is 0.168. The van der Waals surface area contributed by atoms with Crippen molar-refractivity contribution in [1.29, 1.82) is 5.26 Å². The number of likely N-dealkylation sites (tertiary alicyclic amines) is 1. The van der Waals surface area contributed by atoms with Crippen molar-refractivity contribution < 1.29 is 5.11 Å². The van der Waals surface area contributed by atoms with Gasteiger partial charge in [0, 0.05) is 13.1 Å². The van der Waals surface area contributed by atoms with Gasteiger partial charge in [0.2, 0.25) is 0 Å². The number of aliphatic hydroxyl groups excluding tert-OH is 1. The van der Waals surface area contributed by atoms with Gasteiger partial charge in [-0.15, -0.1) is 0 Å². The normalized spacial score (nSPS) is 28.3. The third-order valence-electron chi connectivity index (χ3n) is 2.17. The Balaban J connectivity index is 2.42. The van der Waals surface area contributed by atoms with Crippen LogP contribution >= 0.6 is 0 Å². The van der Waals surface area contributed by atoms with E-state index in [0.717, 1.165) is 19.4 Å². The summed E-state index contributed by atoms with van der Waals surface area (Å²) in [5.41, 5.74) is 0. The van der Waals surface area contributed by atoms with Crippen LogP contribution in [-0.2, 0) is 0 Å². The van der Waals surface area contributed by atoms with E-state index in [9.17, 15) is 5.11 Å². The molecule has 1 unspecified atom stereocenters. The van der Waals surface area contributed by atoms with E-state index >= 15 is 0 Å². The van der Waals surface area contributed by atoms with E-state index < -0.39 is 0 Å². The molecular weight excluding hydrogens is 140 g/mol. The van der Waals surface area contributed by atoms with Crippen molar-refractivity contribution in [3.05, 3.63) is 0 Å². The summed E-state index contributed by atoms with van der Waals surface area (Å²) in [5.74, 6) is 0. The lowest BCUT2D eigenvalue weighted by Gasteiger charge is -2.19. The predicted molar refractivity (Wildman–Crippen MR) is 41.9 cm³/mol. The average molecular weight is 154 g/mol. The van der Waals surface area contributed by atoms with Crippen molar-refractivity contribution in [2.75, 3.05) is 13.1 Å². The first-order chi connectivity index (χ1) is 5.27. The van der Waals surface area contributed by atoms with E-state index in [2.05, 4.69) is 6.07 Å². The third kappa shape index (κ3) is 1.92. The van der Waals surface area contributed by atoms with Crippen molar-refractivity contribution in [3.8, 4) is 6.07 Å². The van der Waals surface area contributed by atoms with E-state index in [-0.39, 0.29) is 12.1 Å². The van der Waals surface area contributed by atoms with Gasteiger partial charge in [-0.25, -0.2) is 0 Å². The topological polar surface area (TPSA) is 47.3 Å². The zero-order chi connectivity index (χ0) is 8.27. The van der Waals surface area contributed by atoms with Gasteiger partial charge in [0.1, 0.15) is 0 Å². The average Bonchev–Trinajstić information content (AvgIpc) is 2.39. The predicted octanol–water partition coefficient (Wildman–Crippen LogP) is 0.355. The molecule has 1 heterocycles. The highest BCUT2D eigenvalue weighted by molar-refractivity contribution is 4.93. The molecule has 0 radical (unpaired) electrons. The van der Waals surface area contributed by atoms with Crippen LogP contribution in [0.15, 0.2) is 0 Å². The van der Waals surface area contributed by atoms with E-state index in [1.54, 1.807) is 0 Å². The Labute approximate surface area is 67.2 Å². The Morgan fingerprint density at radius 1 is 1.82 bits per heavy atom. The molecule has 3 nitrogen and oxygen atoms in total. The highest BCUT2D eigenvalue weighted by atomic mass is 16.3. The molecule has 1 N–H and O–H groups in total. The maximum absolute atomic E-state index is 9.19. The Morgan fingerprint density at radius 2 is 2.55 bits per heavy atom. The Kier molecular flexibility index (Phi) is 2.86. The minimum Gasteiger partial charge on any atom is -0.392 e. The molecular formula is C8H14N2O. The zero-order valence-electron chi connectivity index (χ0n) is 6.82. The molecule has 0 amide bonds. The maximum atomic E-state index is 9.19. The Morgan fingerprint density at radius 3 is 2.91 bits per heavy atom. The van der Waals surface area contributed by atoms with Gasteiger partial charge in [-0.1, -0.05) is 6.92 Å². The third-order valence-corrected chi connectivity index (χ3v) is 2.17. The molecule has 1 aliphatic rings. The maximum Gasteiger partial charge on any atom is 0.0976 e. The summed E-state index contributed by atoms with van der Waals surface area (Å²) in [6.07, 6.45) is 1.46. The first-order valence-corrected chi connectivity index (χ1v) is 4.09. The van der Waals surface area contributed by atoms with Gasteiger partial charge in [-0.3, -0.25) is 4.90 Å². The van der Waals surface area contributed by atoms with E-state index in [0.29, 0.717) is 6.54 Å². The van der Waals surface area contributed by atoms with Gasteiger partial charge in [0.05, 0.1) is 18.2 Å². The molecule has 62 valence electrons. The number of rotatable bonds is 2. The van der Waals surface area contributed by atoms with E-state index in [4.69, 9.17) is 5.26 Å². The molecule has 1 aliphatic heterocycles. The second-order valence-electron chi connectivity index (χ2n) is 2.99. The lowest BCUT2D eigenvalue weighted by atomic mass is 10.2. The molecule has 1 fully saturated rings. The molecule has 0 aliphatic carbocycles. The molecule has 0 spiro atoms. The monoisotopic (exact) mass is 154 g/mol. The standard InChI is InChI=1S/C8H14N2O/c1-2-7(5-9)10-4-3-8(11)6-10/h7-8,11H,2-4,6H2,1H3/t7?,8-/m0/s1. The first kappa shape index (κ1) is 8.51. The van der Waals surface area contributed by atoms with Crippen LogP contribution < -0.4 is 0 Å². The van der Waals surface area contributed by atoms with Crippen LogP contribution in [0.1, 0.15) is 19.8 Å². The minimum absolute atomic E-state index is 0.00662. The second-order valence-corrected chi connectivity index (χ2v) is 2.99. The fourth-order valence-corrected chi connectivity index (χ4v) is 1.48. The van der Waals surface area contributed by atoms with Gasteiger partial charge >= 0.3 is 0 Å². The molecule has 0 aromatic heterocycles. The Bertz CT molecular complexity index is 164. The summed E-state index contributed by atoms with van der Waals surface area (Å²) in [6.45, 7) is 3.54. The Hall–Kier alpha value is -0.590. The van der Waals surface area contributed by atoms with Crippen LogP contribution in [0.5, 0.6) is 0 Å². The van der Waals surface area contributed by atoms with Crippen LogP contribution in [0.25, 0.3) is 0 Å². The number of nitrogens with zero attached hydrogens (tertiary/aromatic N) is 2. The molecule has 3 heteroatoms.